The first-order chi connectivity index (χ1) is 39.2. The summed E-state index contributed by atoms with van der Waals surface area (Å²) >= 11 is 10.1. The fraction of sp³-hybridized carbons (Fsp3) is 0.397. The molecule has 20 heteroatoms. The average molecular weight is 1260 g/mol. The molecule has 1 amide bonds. The van der Waals surface area contributed by atoms with Gasteiger partial charge < -0.3 is 41.4 Å². The largest absolute Gasteiger partial charge is 0.460 e. The van der Waals surface area contributed by atoms with Crippen molar-refractivity contribution in [3.8, 4) is 63.2 Å². The minimum absolute atomic E-state index is 0.225. The van der Waals surface area contributed by atoms with Crippen LogP contribution < -0.4 is 21.7 Å². The second-order valence-corrected chi connectivity index (χ2v) is 29.5. The predicted octanol–water partition coefficient (Wildman–Crippen LogP) is 13.4. The Hall–Kier alpha value is -5.78. The molecule has 4 aromatic carbocycles. The summed E-state index contributed by atoms with van der Waals surface area (Å²) in [6, 6.07) is 37.2. The van der Waals surface area contributed by atoms with Crippen molar-refractivity contribution in [2.24, 2.45) is 11.5 Å². The molecule has 0 atom stereocenters. The van der Waals surface area contributed by atoms with E-state index in [0.29, 0.717) is 32.2 Å². The van der Waals surface area contributed by atoms with E-state index in [0.717, 1.165) is 116 Å². The number of rotatable bonds is 12. The second-order valence-electron chi connectivity index (χ2n) is 24.2. The number of benzene rings is 4. The van der Waals surface area contributed by atoms with Crippen molar-refractivity contribution in [1.29, 1.82) is 0 Å². The number of aromatic nitrogens is 4. The number of esters is 1. The number of carbonyl (C=O) groups is 2. The number of anilines is 1. The molecule has 15 nitrogen and oxygen atoms in total. The molecule has 0 spiro atoms. The monoisotopic (exact) mass is 1260 g/mol. The maximum Gasteiger partial charge on any atom is 0.408 e. The molecule has 2 aliphatic carbocycles. The maximum absolute atomic E-state index is 12.6. The number of ether oxygens (including phenoxy) is 2. The Bertz CT molecular complexity index is 3470. The number of nitrogens with two attached hydrogens (primary N) is 2. The van der Waals surface area contributed by atoms with E-state index in [1.54, 1.807) is 52.3 Å². The van der Waals surface area contributed by atoms with E-state index in [1.165, 1.54) is 6.92 Å². The number of hydrogen-bond donors (Lipinski definition) is 5. The van der Waals surface area contributed by atoms with Crippen molar-refractivity contribution < 1.29 is 29.3 Å². The number of halogens is 1. The Morgan fingerprint density at radius 3 is 1.53 bits per heavy atom. The fourth-order valence-corrected chi connectivity index (χ4v) is 15.5. The molecule has 3 fully saturated rings. The van der Waals surface area contributed by atoms with Crippen LogP contribution in [-0.2, 0) is 25.3 Å². The molecule has 0 radical (unpaired) electrons. The maximum atomic E-state index is 12.6. The van der Waals surface area contributed by atoms with Gasteiger partial charge in [-0.15, -0.1) is 34.0 Å². The van der Waals surface area contributed by atoms with E-state index in [1.807, 2.05) is 109 Å². The van der Waals surface area contributed by atoms with Crippen molar-refractivity contribution in [2.45, 2.75) is 121 Å². The molecular weight excluding hydrogens is 1190 g/mol. The summed E-state index contributed by atoms with van der Waals surface area (Å²) in [4.78, 5) is 51.3. The highest BCUT2D eigenvalue weighted by Crippen LogP contribution is 2.51. The number of carbonyl (C=O) groups excluding carboxylic acids is 2. The molecule has 0 unspecified atom stereocenters. The predicted molar refractivity (Wildman–Crippen MR) is 342 cm³/mol. The summed E-state index contributed by atoms with van der Waals surface area (Å²) in [5, 5.41) is 26.8. The summed E-state index contributed by atoms with van der Waals surface area (Å²) in [6.07, 6.45) is 5.29. The van der Waals surface area contributed by atoms with Crippen molar-refractivity contribution in [3.05, 3.63) is 137 Å². The van der Waals surface area contributed by atoms with Crippen molar-refractivity contribution >= 4 is 78.5 Å². The lowest BCUT2D eigenvalue weighted by molar-refractivity contribution is -0.151. The number of piperazine rings is 1. The average Bonchev–Trinajstić information content (AvgIpc) is 4.46. The van der Waals surface area contributed by atoms with Gasteiger partial charge in [0.2, 0.25) is 0 Å². The SMILES string of the molecule is CC(=O)OC(C)(C)C.CC1(O)CC(N)(c2ccc(-c3nc(-c4cnc(N5CCN(CCN)CC5)s4)sc3-c3ccccc3)cc2)C1.CC1(O)CC(NC(=O)OC(C)(C)C)(c2ccc(-c3nc(-c4cnc(Br)s4)sc3-c3ccccc3)cc2)C1. The molecule has 0 bridgehead atoms. The number of nitrogens with one attached hydrogen (secondary N) is 1. The van der Waals surface area contributed by atoms with Gasteiger partial charge >= 0.3 is 12.1 Å². The van der Waals surface area contributed by atoms with Crippen LogP contribution in [0, 0.1) is 0 Å². The van der Waals surface area contributed by atoms with E-state index in [9.17, 15) is 19.8 Å². The van der Waals surface area contributed by atoms with Crippen LogP contribution in [0.1, 0.15) is 99.1 Å². The van der Waals surface area contributed by atoms with E-state index in [-0.39, 0.29) is 11.6 Å². The molecule has 438 valence electrons. The standard InChI is InChI=1S/C29H34N6OS2.C28H28BrN3O3S2.C6H12O2/c1-28(36)18-29(31,19-28)22-9-7-20(8-10-22)24-25(21-5-3-2-4-6-21)38-26(33-24)23-17-32-27(37-23)35-15-13-34(12-11-30)14-16-35;1-26(2,3)35-25(33)32-28(15-27(4,34)16-28)19-12-10-17(11-13-19)21-22(18-8-6-5-7-9-18)37-23(31-21)20-14-30-24(29)36-20;1-5(7)8-6(2,3)4/h2-10,17,36H,11-16,18-19,30-31H2,1H3;5-14,34H,15-16H2,1-4H3,(H,32,33);1-4H3. The number of thiazole rings is 4. The number of hydrogen-bond acceptors (Lipinski definition) is 18. The summed E-state index contributed by atoms with van der Waals surface area (Å²) < 4.78 is 11.1. The Morgan fingerprint density at radius 2 is 1.11 bits per heavy atom. The van der Waals surface area contributed by atoms with Crippen LogP contribution in [0.3, 0.4) is 0 Å². The summed E-state index contributed by atoms with van der Waals surface area (Å²) in [5.74, 6) is -0.225. The third-order valence-corrected chi connectivity index (χ3v) is 19.3. The molecule has 5 heterocycles. The van der Waals surface area contributed by atoms with Crippen molar-refractivity contribution in [1.82, 2.24) is 30.2 Å². The molecule has 83 heavy (non-hydrogen) atoms. The van der Waals surface area contributed by atoms with Crippen LogP contribution in [0.5, 0.6) is 0 Å². The van der Waals surface area contributed by atoms with E-state index in [2.05, 4.69) is 96.7 Å². The number of nitrogens with zero attached hydrogens (tertiary/aromatic N) is 6. The van der Waals surface area contributed by atoms with E-state index in [4.69, 9.17) is 35.9 Å². The van der Waals surface area contributed by atoms with Crippen LogP contribution in [0.2, 0.25) is 0 Å². The lowest BCUT2D eigenvalue weighted by atomic mass is 9.62. The first-order valence-corrected chi connectivity index (χ1v) is 31.8. The van der Waals surface area contributed by atoms with Gasteiger partial charge in [0, 0.05) is 81.9 Å². The van der Waals surface area contributed by atoms with E-state index < -0.39 is 34.0 Å². The topological polar surface area (TPSA) is 215 Å². The Labute approximate surface area is 511 Å². The molecule has 8 aromatic rings. The number of amides is 1. The summed E-state index contributed by atoms with van der Waals surface area (Å²) in [7, 11) is 0. The molecule has 2 saturated carbocycles. The molecular formula is C63H74BrN9O6S4. The Morgan fingerprint density at radius 1 is 0.639 bits per heavy atom. The van der Waals surface area contributed by atoms with Crippen molar-refractivity contribution in [3.63, 3.8) is 0 Å². The number of alkyl carbamates (subject to hydrolysis) is 1. The van der Waals surface area contributed by atoms with Gasteiger partial charge in [-0.1, -0.05) is 121 Å². The first kappa shape index (κ1) is 61.8. The van der Waals surface area contributed by atoms with Crippen LogP contribution in [0.15, 0.2) is 126 Å². The highest BCUT2D eigenvalue weighted by molar-refractivity contribution is 9.11. The van der Waals surface area contributed by atoms with Gasteiger partial charge in [-0.25, -0.2) is 24.7 Å². The Balaban J connectivity index is 0.000000177. The van der Waals surface area contributed by atoms with Gasteiger partial charge in [0.1, 0.15) is 21.2 Å². The molecule has 7 N–H and O–H groups in total. The first-order valence-electron chi connectivity index (χ1n) is 27.7. The molecule has 1 saturated heterocycles. The van der Waals surface area contributed by atoms with Gasteiger partial charge in [0.25, 0.3) is 0 Å². The smallest absolute Gasteiger partial charge is 0.408 e. The third-order valence-electron chi connectivity index (χ3n) is 14.2. The molecule has 4 aromatic heterocycles. The van der Waals surface area contributed by atoms with Crippen molar-refractivity contribution in [2.75, 3.05) is 44.2 Å². The summed E-state index contributed by atoms with van der Waals surface area (Å²) in [5.41, 5.74) is 16.9. The fourth-order valence-electron chi connectivity index (χ4n) is 11.0. The molecule has 11 rings (SSSR count). The zero-order valence-electron chi connectivity index (χ0n) is 48.5. The number of aliphatic hydroxyl groups is 2. The Kier molecular flexibility index (Phi) is 18.6. The molecule has 3 aliphatic rings. The normalized spacial score (nSPS) is 21.5. The van der Waals surface area contributed by atoms with Crippen LogP contribution in [0.4, 0.5) is 9.93 Å². The van der Waals surface area contributed by atoms with Crippen LogP contribution in [0.25, 0.3) is 63.2 Å². The lowest BCUT2D eigenvalue weighted by Crippen LogP contribution is -2.62. The zero-order valence-corrected chi connectivity index (χ0v) is 53.3. The minimum Gasteiger partial charge on any atom is -0.460 e. The lowest BCUT2D eigenvalue weighted by Gasteiger charge is -2.52. The van der Waals surface area contributed by atoms with E-state index >= 15 is 0 Å². The zero-order chi connectivity index (χ0) is 59.5. The minimum atomic E-state index is -0.846. The van der Waals surface area contributed by atoms with Gasteiger partial charge in [0.05, 0.1) is 53.8 Å². The van der Waals surface area contributed by atoms with Gasteiger partial charge in [-0.2, -0.15) is 0 Å². The third kappa shape index (κ3) is 15.6. The quantitative estimate of drug-likeness (QED) is 0.0720. The van der Waals surface area contributed by atoms with Gasteiger partial charge in [-0.3, -0.25) is 9.69 Å². The van der Waals surface area contributed by atoms with Gasteiger partial charge in [-0.05, 0) is 106 Å². The van der Waals surface area contributed by atoms with Crippen LogP contribution in [-0.4, -0.2) is 109 Å². The highest BCUT2D eigenvalue weighted by Gasteiger charge is 2.54. The second kappa shape index (κ2) is 25.0. The van der Waals surface area contributed by atoms with Crippen LogP contribution >= 0.6 is 61.3 Å². The van der Waals surface area contributed by atoms with Gasteiger partial charge in [0.15, 0.2) is 9.05 Å². The highest BCUT2D eigenvalue weighted by atomic mass is 79.9. The molecule has 1 aliphatic heterocycles. The summed E-state index contributed by atoms with van der Waals surface area (Å²) in [6.45, 7) is 21.7.